The quantitative estimate of drug-likeness (QED) is 0.0984. The third kappa shape index (κ3) is 9.04. The van der Waals surface area contributed by atoms with Crippen molar-refractivity contribution in [2.45, 2.75) is 89.7 Å². The van der Waals surface area contributed by atoms with E-state index in [2.05, 4.69) is 17.0 Å². The largest absolute Gasteiger partial charge is 0.493 e. The number of amides is 3. The maximum absolute atomic E-state index is 14.6. The van der Waals surface area contributed by atoms with Crippen molar-refractivity contribution in [1.29, 1.82) is 0 Å². The summed E-state index contributed by atoms with van der Waals surface area (Å²) in [7, 11) is 6.79. The molecule has 1 fully saturated rings. The van der Waals surface area contributed by atoms with Gasteiger partial charge in [0.05, 0.1) is 55.3 Å². The van der Waals surface area contributed by atoms with E-state index in [-0.39, 0.29) is 56.1 Å². The van der Waals surface area contributed by atoms with Crippen LogP contribution in [0.3, 0.4) is 0 Å². The second-order valence-corrected chi connectivity index (χ2v) is 19.1. The Hall–Kier alpha value is -7.10. The van der Waals surface area contributed by atoms with Gasteiger partial charge in [-0.15, -0.1) is 0 Å². The Balaban J connectivity index is 0.939. The lowest BCUT2D eigenvalue weighted by atomic mass is 10.1. The molecule has 0 aliphatic carbocycles. The molecule has 0 aromatic heterocycles. The number of aliphatic imine (C=N–C) groups is 1. The van der Waals surface area contributed by atoms with Crippen molar-refractivity contribution >= 4 is 52.6 Å². The normalized spacial score (nSPS) is 19.6. The fourth-order valence-electron chi connectivity index (χ4n) is 9.86. The molecule has 69 heavy (non-hydrogen) atoms. The molecular formula is C54H57N5O10. The molecule has 5 aliphatic heterocycles. The van der Waals surface area contributed by atoms with Crippen LogP contribution < -0.4 is 38.5 Å². The van der Waals surface area contributed by atoms with Crippen LogP contribution in [0.5, 0.6) is 23.0 Å². The summed E-state index contributed by atoms with van der Waals surface area (Å²) in [6.45, 7) is 6.70. The summed E-state index contributed by atoms with van der Waals surface area (Å²) in [5.74, 6) is 1.16. The number of methoxy groups -OCH3 is 3. The van der Waals surface area contributed by atoms with Gasteiger partial charge in [-0.1, -0.05) is 36.4 Å². The summed E-state index contributed by atoms with van der Waals surface area (Å²) in [5.41, 5.74) is 7.33. The molecule has 1 saturated heterocycles. The molecule has 0 bridgehead atoms. The van der Waals surface area contributed by atoms with E-state index in [0.29, 0.717) is 58.3 Å². The van der Waals surface area contributed by atoms with E-state index in [9.17, 15) is 14.4 Å². The molecule has 15 heteroatoms. The number of para-hydroxylation sites is 2. The van der Waals surface area contributed by atoms with E-state index in [1.165, 1.54) is 7.11 Å². The number of fused-ring (bicyclic) bond motifs is 8. The number of hydrogen-bond acceptors (Lipinski definition) is 12. The summed E-state index contributed by atoms with van der Waals surface area (Å²) in [4.78, 5) is 54.8. The van der Waals surface area contributed by atoms with Crippen LogP contribution in [0, 0.1) is 0 Å². The van der Waals surface area contributed by atoms with Crippen molar-refractivity contribution in [3.63, 3.8) is 0 Å². The number of ether oxygens (including phenoxy) is 7. The summed E-state index contributed by atoms with van der Waals surface area (Å²) < 4.78 is 41.7. The van der Waals surface area contributed by atoms with Gasteiger partial charge in [0.1, 0.15) is 24.9 Å². The first kappa shape index (κ1) is 45.7. The van der Waals surface area contributed by atoms with Gasteiger partial charge in [-0.25, -0.2) is 4.79 Å². The minimum Gasteiger partial charge on any atom is -0.493 e. The van der Waals surface area contributed by atoms with Gasteiger partial charge in [0.25, 0.3) is 11.8 Å². The average molecular weight is 936 g/mol. The molecule has 0 spiro atoms. The number of nitrogens with zero attached hydrogens (tertiary/aromatic N) is 5. The predicted molar refractivity (Wildman–Crippen MR) is 262 cm³/mol. The third-order valence-electron chi connectivity index (χ3n) is 13.2. The number of carbonyl (C=O) groups excluding carboxylic acids is 3. The Morgan fingerprint density at radius 1 is 0.754 bits per heavy atom. The molecule has 5 aromatic carbocycles. The Morgan fingerprint density at radius 2 is 1.38 bits per heavy atom. The van der Waals surface area contributed by atoms with Crippen LogP contribution in [0.2, 0.25) is 0 Å². The standard InChI is InChI=1S/C54H57N5O10/c1-54(2,3)69-53(62)57-29-38-23-35-14-9-11-16-43(35)59(38)51(61)40-25-47(64-6)49(27-44(40)57)67-31-33-19-32(20-36(21-33)56(4)18-12-17-45-52(65-7)68-45)30-66-48-26-41-39(24-46(48)63-5)50(60)58-37(28-55-41)22-34-13-8-10-15-42(34)58/h8-11,13-16,19-21,24-28,37-38,45,52H,12,17-18,22-23,29-31H2,1-7H3/t37-,38-,45?,52?/m0/s1. The highest BCUT2D eigenvalue weighted by Gasteiger charge is 2.43. The zero-order chi connectivity index (χ0) is 48.1. The molecule has 358 valence electrons. The van der Waals surface area contributed by atoms with E-state index < -0.39 is 11.7 Å². The van der Waals surface area contributed by atoms with Crippen molar-refractivity contribution in [2.75, 3.05) is 61.1 Å². The molecule has 3 amide bonds. The van der Waals surface area contributed by atoms with Gasteiger partial charge in [0.2, 0.25) is 0 Å². The summed E-state index contributed by atoms with van der Waals surface area (Å²) in [5, 5.41) is 0. The van der Waals surface area contributed by atoms with Crippen LogP contribution in [0.25, 0.3) is 0 Å². The first-order valence-corrected chi connectivity index (χ1v) is 23.4. The number of hydrogen-bond donors (Lipinski definition) is 0. The first-order chi connectivity index (χ1) is 33.3. The average Bonchev–Trinajstić information content (AvgIpc) is 3.92. The molecule has 10 rings (SSSR count). The number of carbonyl (C=O) groups is 3. The van der Waals surface area contributed by atoms with Gasteiger partial charge in [0, 0.05) is 62.5 Å². The molecule has 0 N–H and O–H groups in total. The van der Waals surface area contributed by atoms with Crippen molar-refractivity contribution in [3.8, 4) is 23.0 Å². The third-order valence-corrected chi connectivity index (χ3v) is 13.2. The van der Waals surface area contributed by atoms with E-state index in [4.69, 9.17) is 38.2 Å². The van der Waals surface area contributed by atoms with Gasteiger partial charge in [-0.2, -0.15) is 0 Å². The van der Waals surface area contributed by atoms with Crippen molar-refractivity contribution in [2.24, 2.45) is 4.99 Å². The highest BCUT2D eigenvalue weighted by molar-refractivity contribution is 6.15. The van der Waals surface area contributed by atoms with Crippen LogP contribution in [-0.4, -0.2) is 95.7 Å². The number of epoxide rings is 1. The van der Waals surface area contributed by atoms with Crippen molar-refractivity contribution in [1.82, 2.24) is 0 Å². The summed E-state index contributed by atoms with van der Waals surface area (Å²) in [6, 6.07) is 28.3. The molecule has 5 aromatic rings. The fraction of sp³-hybridized carbons (Fsp3) is 0.370. The summed E-state index contributed by atoms with van der Waals surface area (Å²) >= 11 is 0. The van der Waals surface area contributed by atoms with E-state index in [1.807, 2.05) is 93.5 Å². The van der Waals surface area contributed by atoms with Crippen LogP contribution in [0.4, 0.5) is 33.2 Å². The number of rotatable bonds is 14. The second-order valence-electron chi connectivity index (χ2n) is 19.1. The monoisotopic (exact) mass is 935 g/mol. The Bertz CT molecular complexity index is 2860. The molecule has 0 radical (unpaired) electrons. The maximum atomic E-state index is 14.6. The SMILES string of the molecule is COc1cc2c(cc1OCc1cc(COc3cc4c(cc3OC)C(=O)N3c5ccccc5C[C@H]3CN4C(=O)OC(C)(C)C)cc(N(C)CCCC3OC3OC)c1)N=C[C@@H]1Cc3ccccc3N1C2=O. The number of benzene rings is 5. The molecule has 0 saturated carbocycles. The van der Waals surface area contributed by atoms with Crippen molar-refractivity contribution in [3.05, 3.63) is 124 Å². The lowest BCUT2D eigenvalue weighted by Crippen LogP contribution is -2.45. The minimum absolute atomic E-state index is 0.0975. The Labute approximate surface area is 402 Å². The molecule has 2 unspecified atom stereocenters. The zero-order valence-corrected chi connectivity index (χ0v) is 40.0. The van der Waals surface area contributed by atoms with E-state index in [0.717, 1.165) is 58.7 Å². The highest BCUT2D eigenvalue weighted by Crippen LogP contribution is 2.44. The van der Waals surface area contributed by atoms with Crippen LogP contribution in [-0.2, 0) is 40.3 Å². The second kappa shape index (κ2) is 18.4. The van der Waals surface area contributed by atoms with Crippen LogP contribution >= 0.6 is 0 Å². The smallest absolute Gasteiger partial charge is 0.414 e. The predicted octanol–water partition coefficient (Wildman–Crippen LogP) is 9.06. The fourth-order valence-corrected chi connectivity index (χ4v) is 9.86. The van der Waals surface area contributed by atoms with Crippen molar-refractivity contribution < 1.29 is 47.5 Å². The maximum Gasteiger partial charge on any atom is 0.414 e. The molecule has 4 atom stereocenters. The Morgan fingerprint density at radius 3 is 2.03 bits per heavy atom. The molecule has 15 nitrogen and oxygen atoms in total. The van der Waals surface area contributed by atoms with Gasteiger partial charge in [-0.05, 0) is 105 Å². The first-order valence-electron chi connectivity index (χ1n) is 23.4. The molecule has 5 aliphatic rings. The molecular weight excluding hydrogens is 879 g/mol. The van der Waals surface area contributed by atoms with Gasteiger partial charge in [0.15, 0.2) is 29.3 Å². The lowest BCUT2D eigenvalue weighted by Gasteiger charge is -2.29. The lowest BCUT2D eigenvalue weighted by molar-refractivity contribution is 0.0578. The van der Waals surface area contributed by atoms with Crippen LogP contribution in [0.15, 0.2) is 96.0 Å². The minimum atomic E-state index is -0.780. The highest BCUT2D eigenvalue weighted by atomic mass is 16.8. The molecule has 5 heterocycles. The van der Waals surface area contributed by atoms with E-state index in [1.54, 1.807) is 48.3 Å². The van der Waals surface area contributed by atoms with E-state index >= 15 is 0 Å². The van der Waals surface area contributed by atoms with Gasteiger partial charge in [-0.3, -0.25) is 24.4 Å². The zero-order valence-electron chi connectivity index (χ0n) is 40.0. The van der Waals surface area contributed by atoms with Crippen LogP contribution in [0.1, 0.15) is 76.6 Å². The topological polar surface area (TPSA) is 144 Å². The van der Waals surface area contributed by atoms with Gasteiger partial charge >= 0.3 is 6.09 Å². The Kier molecular flexibility index (Phi) is 12.2. The number of anilines is 4. The van der Waals surface area contributed by atoms with Gasteiger partial charge < -0.3 is 43.0 Å². The summed E-state index contributed by atoms with van der Waals surface area (Å²) in [6.07, 6.45) is 4.26.